The Labute approximate surface area is 151 Å². The lowest BCUT2D eigenvalue weighted by molar-refractivity contribution is 0.0164. The lowest BCUT2D eigenvalue weighted by atomic mass is 9.78. The molecule has 1 N–H and O–H groups in total. The average Bonchev–Trinajstić information content (AvgIpc) is 2.68. The first-order valence-electron chi connectivity index (χ1n) is 9.35. The Kier molecular flexibility index (Phi) is 6.48. The van der Waals surface area contributed by atoms with Crippen LogP contribution in [-0.2, 0) is 6.42 Å². The summed E-state index contributed by atoms with van der Waals surface area (Å²) in [7, 11) is 0. The highest BCUT2D eigenvalue weighted by Crippen LogP contribution is 2.33. The summed E-state index contributed by atoms with van der Waals surface area (Å²) < 4.78 is 5.87. The second kappa shape index (κ2) is 9.02. The molecule has 1 atom stereocenters. The van der Waals surface area contributed by atoms with Crippen molar-refractivity contribution in [3.8, 4) is 5.75 Å². The molecule has 25 heavy (non-hydrogen) atoms. The third kappa shape index (κ3) is 5.32. The molecule has 1 saturated heterocycles. The first kappa shape index (κ1) is 18.0. The smallest absolute Gasteiger partial charge is 0.119 e. The molecule has 3 heteroatoms. The van der Waals surface area contributed by atoms with E-state index in [-0.39, 0.29) is 12.0 Å². The fraction of sp³-hybridized carbons (Fsp3) is 0.455. The number of likely N-dealkylation sites (tertiary alicyclic amines) is 1. The number of aliphatic hydroxyl groups excluding tert-OH is 1. The van der Waals surface area contributed by atoms with Gasteiger partial charge in [-0.1, -0.05) is 48.5 Å². The molecular formula is C22H29NO2. The Balaban J connectivity index is 1.49. The summed E-state index contributed by atoms with van der Waals surface area (Å²) >= 11 is 0. The van der Waals surface area contributed by atoms with Crippen LogP contribution in [0.1, 0.15) is 24.8 Å². The molecule has 2 aromatic rings. The maximum absolute atomic E-state index is 10.1. The van der Waals surface area contributed by atoms with Gasteiger partial charge in [0.25, 0.3) is 0 Å². The lowest BCUT2D eigenvalue weighted by Crippen LogP contribution is -2.46. The second-order valence-corrected chi connectivity index (χ2v) is 7.18. The number of nitrogens with zero attached hydrogens (tertiary/aromatic N) is 1. The highest BCUT2D eigenvalue weighted by Gasteiger charge is 2.34. The van der Waals surface area contributed by atoms with Crippen LogP contribution < -0.4 is 4.74 Å². The van der Waals surface area contributed by atoms with Crippen LogP contribution in [0.2, 0.25) is 0 Å². The van der Waals surface area contributed by atoms with Crippen LogP contribution in [0.5, 0.6) is 5.75 Å². The molecule has 2 aromatic carbocycles. The Morgan fingerprint density at radius 1 is 1.00 bits per heavy atom. The van der Waals surface area contributed by atoms with Gasteiger partial charge in [-0.15, -0.1) is 0 Å². The van der Waals surface area contributed by atoms with Crippen LogP contribution in [0.4, 0.5) is 0 Å². The van der Waals surface area contributed by atoms with Gasteiger partial charge in [-0.3, -0.25) is 0 Å². The van der Waals surface area contributed by atoms with Gasteiger partial charge in [0.1, 0.15) is 5.75 Å². The molecule has 0 amide bonds. The van der Waals surface area contributed by atoms with Crippen molar-refractivity contribution in [2.45, 2.75) is 25.7 Å². The summed E-state index contributed by atoms with van der Waals surface area (Å²) in [4.78, 5) is 2.51. The monoisotopic (exact) mass is 339 g/mol. The molecule has 0 aliphatic carbocycles. The zero-order valence-corrected chi connectivity index (χ0v) is 14.9. The Bertz CT molecular complexity index is 616. The van der Waals surface area contributed by atoms with Crippen molar-refractivity contribution in [2.24, 2.45) is 5.41 Å². The topological polar surface area (TPSA) is 32.7 Å². The summed E-state index contributed by atoms with van der Waals surface area (Å²) in [5.74, 6) is 0.910. The van der Waals surface area contributed by atoms with Gasteiger partial charge in [0.2, 0.25) is 0 Å². The van der Waals surface area contributed by atoms with E-state index in [0.29, 0.717) is 6.61 Å². The Morgan fingerprint density at radius 3 is 2.44 bits per heavy atom. The van der Waals surface area contributed by atoms with Crippen molar-refractivity contribution in [3.05, 3.63) is 66.2 Å². The van der Waals surface area contributed by atoms with Crippen LogP contribution in [0.25, 0.3) is 0 Å². The molecular weight excluding hydrogens is 310 g/mol. The van der Waals surface area contributed by atoms with E-state index in [0.717, 1.165) is 51.1 Å². The van der Waals surface area contributed by atoms with E-state index < -0.39 is 0 Å². The fourth-order valence-corrected chi connectivity index (χ4v) is 3.75. The minimum atomic E-state index is -0.0241. The average molecular weight is 339 g/mol. The molecule has 1 heterocycles. The van der Waals surface area contributed by atoms with Crippen molar-refractivity contribution >= 4 is 0 Å². The molecule has 0 bridgehead atoms. The van der Waals surface area contributed by atoms with Crippen molar-refractivity contribution in [1.29, 1.82) is 0 Å². The molecule has 3 rings (SSSR count). The molecule has 1 fully saturated rings. The van der Waals surface area contributed by atoms with Crippen LogP contribution in [0.15, 0.2) is 60.7 Å². The van der Waals surface area contributed by atoms with E-state index in [4.69, 9.17) is 4.74 Å². The van der Waals surface area contributed by atoms with Gasteiger partial charge < -0.3 is 14.7 Å². The van der Waals surface area contributed by atoms with E-state index in [2.05, 4.69) is 35.2 Å². The zero-order valence-electron chi connectivity index (χ0n) is 14.9. The number of ether oxygens (including phenoxy) is 1. The number of piperidine rings is 1. The largest absolute Gasteiger partial charge is 0.494 e. The fourth-order valence-electron chi connectivity index (χ4n) is 3.75. The van der Waals surface area contributed by atoms with Gasteiger partial charge in [-0.2, -0.15) is 0 Å². The molecule has 0 radical (unpaired) electrons. The third-order valence-electron chi connectivity index (χ3n) is 5.28. The summed E-state index contributed by atoms with van der Waals surface area (Å²) in [5.41, 5.74) is 1.36. The molecule has 0 aromatic heterocycles. The van der Waals surface area contributed by atoms with E-state index in [1.54, 1.807) is 0 Å². The maximum atomic E-state index is 10.1. The number of hydrogen-bond donors (Lipinski definition) is 1. The van der Waals surface area contributed by atoms with Gasteiger partial charge >= 0.3 is 0 Å². The summed E-state index contributed by atoms with van der Waals surface area (Å²) in [5, 5.41) is 10.1. The van der Waals surface area contributed by atoms with Crippen LogP contribution >= 0.6 is 0 Å². The molecule has 1 aliphatic rings. The van der Waals surface area contributed by atoms with Crippen LogP contribution in [0, 0.1) is 5.41 Å². The SMILES string of the molecule is OC[C@@]1(CCOc2ccccc2)CCCN(CCc2ccccc2)C1. The van der Waals surface area contributed by atoms with Crippen molar-refractivity contribution in [2.75, 3.05) is 32.8 Å². The number of aliphatic hydroxyl groups is 1. The molecule has 0 unspecified atom stereocenters. The van der Waals surface area contributed by atoms with Gasteiger partial charge in [0.05, 0.1) is 13.2 Å². The maximum Gasteiger partial charge on any atom is 0.119 e. The molecule has 0 saturated carbocycles. The van der Waals surface area contributed by atoms with E-state index >= 15 is 0 Å². The van der Waals surface area contributed by atoms with Gasteiger partial charge in [0, 0.05) is 18.5 Å². The molecule has 0 spiro atoms. The minimum absolute atomic E-state index is 0.0241. The number of para-hydroxylation sites is 1. The first-order valence-corrected chi connectivity index (χ1v) is 9.35. The van der Waals surface area contributed by atoms with Crippen LogP contribution in [-0.4, -0.2) is 42.9 Å². The predicted molar refractivity (Wildman–Crippen MR) is 102 cm³/mol. The number of benzene rings is 2. The van der Waals surface area contributed by atoms with E-state index in [9.17, 15) is 5.11 Å². The lowest BCUT2D eigenvalue weighted by Gasteiger charge is -2.42. The van der Waals surface area contributed by atoms with Gasteiger partial charge in [-0.05, 0) is 49.9 Å². The Hall–Kier alpha value is -1.84. The normalized spacial score (nSPS) is 21.2. The number of hydrogen-bond acceptors (Lipinski definition) is 3. The summed E-state index contributed by atoms with van der Waals surface area (Å²) in [6, 6.07) is 20.6. The predicted octanol–water partition coefficient (Wildman–Crippen LogP) is 3.77. The summed E-state index contributed by atoms with van der Waals surface area (Å²) in [6.07, 6.45) is 4.22. The molecule has 3 nitrogen and oxygen atoms in total. The van der Waals surface area contributed by atoms with Crippen molar-refractivity contribution in [3.63, 3.8) is 0 Å². The van der Waals surface area contributed by atoms with Crippen molar-refractivity contribution < 1.29 is 9.84 Å². The van der Waals surface area contributed by atoms with Gasteiger partial charge in [0.15, 0.2) is 0 Å². The molecule has 134 valence electrons. The van der Waals surface area contributed by atoms with Gasteiger partial charge in [-0.25, -0.2) is 0 Å². The minimum Gasteiger partial charge on any atom is -0.494 e. The van der Waals surface area contributed by atoms with E-state index in [1.165, 1.54) is 5.56 Å². The highest BCUT2D eigenvalue weighted by atomic mass is 16.5. The highest BCUT2D eigenvalue weighted by molar-refractivity contribution is 5.20. The quantitative estimate of drug-likeness (QED) is 0.794. The summed E-state index contributed by atoms with van der Waals surface area (Å²) in [6.45, 7) is 4.07. The van der Waals surface area contributed by atoms with E-state index in [1.807, 2.05) is 30.3 Å². The molecule has 1 aliphatic heterocycles. The number of rotatable bonds is 8. The standard InChI is InChI=1S/C22H29NO2/c24-19-22(14-17-25-21-10-5-2-6-11-21)13-7-15-23(18-22)16-12-20-8-3-1-4-9-20/h1-6,8-11,24H,7,12-19H2/t22-/m1/s1. The second-order valence-electron chi connectivity index (χ2n) is 7.18. The van der Waals surface area contributed by atoms with Crippen LogP contribution in [0.3, 0.4) is 0 Å². The Morgan fingerprint density at radius 2 is 1.72 bits per heavy atom. The third-order valence-corrected chi connectivity index (χ3v) is 5.28. The van der Waals surface area contributed by atoms with Crippen molar-refractivity contribution in [1.82, 2.24) is 4.90 Å². The zero-order chi connectivity index (χ0) is 17.4. The first-order chi connectivity index (χ1) is 12.3.